The number of ether oxygens (including phenoxy) is 1. The van der Waals surface area contributed by atoms with Crippen molar-refractivity contribution in [3.63, 3.8) is 0 Å². The van der Waals surface area contributed by atoms with E-state index in [1.807, 2.05) is 0 Å². The van der Waals surface area contributed by atoms with E-state index < -0.39 is 0 Å². The van der Waals surface area contributed by atoms with Crippen molar-refractivity contribution >= 4 is 0 Å². The highest BCUT2D eigenvalue weighted by Gasteiger charge is 2.08. The van der Waals surface area contributed by atoms with Crippen LogP contribution in [0.2, 0.25) is 0 Å². The van der Waals surface area contributed by atoms with Crippen LogP contribution in [0, 0.1) is 11.3 Å². The fourth-order valence-electron chi connectivity index (χ4n) is 1.65. The van der Waals surface area contributed by atoms with E-state index in [2.05, 4.69) is 46.9 Å². The lowest BCUT2D eigenvalue weighted by Crippen LogP contribution is -2.26. The van der Waals surface area contributed by atoms with E-state index in [1.165, 1.54) is 6.42 Å². The molecule has 0 rings (SSSR count). The molecule has 0 spiro atoms. The minimum absolute atomic E-state index is 0.393. The predicted molar refractivity (Wildman–Crippen MR) is 71.8 cm³/mol. The predicted octanol–water partition coefficient (Wildman–Crippen LogP) is 3.46. The van der Waals surface area contributed by atoms with Crippen LogP contribution < -0.4 is 5.32 Å². The molecule has 0 saturated carbocycles. The second kappa shape index (κ2) is 8.08. The summed E-state index contributed by atoms with van der Waals surface area (Å²) in [4.78, 5) is 0. The maximum absolute atomic E-state index is 5.72. The largest absolute Gasteiger partial charge is 0.377 e. The quantitative estimate of drug-likeness (QED) is 0.644. The fraction of sp³-hybridized carbons (Fsp3) is 1.00. The van der Waals surface area contributed by atoms with Gasteiger partial charge in [0.2, 0.25) is 0 Å². The first kappa shape index (κ1) is 15.9. The van der Waals surface area contributed by atoms with Crippen molar-refractivity contribution in [2.24, 2.45) is 11.3 Å². The average molecular weight is 229 g/mol. The standard InChI is InChI=1S/C14H31NO/c1-12(2)11-13(3)16-10-9-15-8-7-14(4,5)6/h12-13,15H,7-11H2,1-6H3. The molecule has 0 aromatic rings. The monoisotopic (exact) mass is 229 g/mol. The van der Waals surface area contributed by atoms with Crippen LogP contribution >= 0.6 is 0 Å². The van der Waals surface area contributed by atoms with Crippen LogP contribution in [0.1, 0.15) is 54.4 Å². The van der Waals surface area contributed by atoms with Crippen molar-refractivity contribution in [2.45, 2.75) is 60.5 Å². The van der Waals surface area contributed by atoms with E-state index in [0.29, 0.717) is 11.5 Å². The summed E-state index contributed by atoms with van der Waals surface area (Å²) in [6.07, 6.45) is 2.76. The van der Waals surface area contributed by atoms with Gasteiger partial charge in [0.05, 0.1) is 12.7 Å². The van der Waals surface area contributed by atoms with Gasteiger partial charge in [0.1, 0.15) is 0 Å². The molecule has 2 heteroatoms. The Hall–Kier alpha value is -0.0800. The van der Waals surface area contributed by atoms with Gasteiger partial charge in [-0.05, 0) is 37.6 Å². The molecular weight excluding hydrogens is 198 g/mol. The lowest BCUT2D eigenvalue weighted by molar-refractivity contribution is 0.0537. The Kier molecular flexibility index (Phi) is 8.04. The summed E-state index contributed by atoms with van der Waals surface area (Å²) in [6, 6.07) is 0. The third-order valence-corrected chi connectivity index (χ3v) is 2.54. The molecule has 1 atom stereocenters. The fourth-order valence-corrected chi connectivity index (χ4v) is 1.65. The maximum Gasteiger partial charge on any atom is 0.0594 e. The summed E-state index contributed by atoms with van der Waals surface area (Å²) in [7, 11) is 0. The summed E-state index contributed by atoms with van der Waals surface area (Å²) in [6.45, 7) is 16.3. The number of rotatable bonds is 8. The SMILES string of the molecule is CC(C)CC(C)OCCNCCC(C)(C)C. The van der Waals surface area contributed by atoms with Crippen molar-refractivity contribution in [1.29, 1.82) is 0 Å². The molecule has 0 amide bonds. The van der Waals surface area contributed by atoms with Crippen LogP contribution in [0.15, 0.2) is 0 Å². The minimum Gasteiger partial charge on any atom is -0.377 e. The van der Waals surface area contributed by atoms with Crippen LogP contribution in [0.4, 0.5) is 0 Å². The van der Waals surface area contributed by atoms with Crippen molar-refractivity contribution < 1.29 is 4.74 Å². The summed E-state index contributed by atoms with van der Waals surface area (Å²) < 4.78 is 5.72. The molecule has 98 valence electrons. The van der Waals surface area contributed by atoms with E-state index in [0.717, 1.165) is 32.0 Å². The number of nitrogens with one attached hydrogen (secondary N) is 1. The molecule has 1 unspecified atom stereocenters. The smallest absolute Gasteiger partial charge is 0.0594 e. The zero-order valence-corrected chi connectivity index (χ0v) is 12.1. The van der Waals surface area contributed by atoms with E-state index in [-0.39, 0.29) is 0 Å². The second-order valence-electron chi connectivity index (χ2n) is 6.37. The first-order valence-corrected chi connectivity index (χ1v) is 6.63. The van der Waals surface area contributed by atoms with Crippen LogP contribution in [0.5, 0.6) is 0 Å². The zero-order chi connectivity index (χ0) is 12.6. The van der Waals surface area contributed by atoms with Crippen LogP contribution in [-0.2, 0) is 4.74 Å². The minimum atomic E-state index is 0.393. The molecule has 0 bridgehead atoms. The van der Waals surface area contributed by atoms with Gasteiger partial charge in [0, 0.05) is 6.54 Å². The van der Waals surface area contributed by atoms with E-state index in [1.54, 1.807) is 0 Å². The molecule has 2 nitrogen and oxygen atoms in total. The van der Waals surface area contributed by atoms with Crippen LogP contribution in [0.3, 0.4) is 0 Å². The average Bonchev–Trinajstić information content (AvgIpc) is 2.07. The molecule has 0 aliphatic rings. The van der Waals surface area contributed by atoms with Gasteiger partial charge in [0.25, 0.3) is 0 Å². The summed E-state index contributed by atoms with van der Waals surface area (Å²) in [5, 5.41) is 3.43. The summed E-state index contributed by atoms with van der Waals surface area (Å²) in [5.74, 6) is 0.726. The van der Waals surface area contributed by atoms with Crippen LogP contribution in [-0.4, -0.2) is 25.8 Å². The number of hydrogen-bond acceptors (Lipinski definition) is 2. The second-order valence-corrected chi connectivity index (χ2v) is 6.37. The Labute approximate surface area is 102 Å². The highest BCUT2D eigenvalue weighted by molar-refractivity contribution is 4.63. The van der Waals surface area contributed by atoms with Gasteiger partial charge in [-0.1, -0.05) is 34.6 Å². The Morgan fingerprint density at radius 1 is 1.06 bits per heavy atom. The molecule has 1 N–H and O–H groups in total. The third-order valence-electron chi connectivity index (χ3n) is 2.54. The molecule has 0 aromatic carbocycles. The Balaban J connectivity index is 3.27. The molecule has 0 aromatic heterocycles. The van der Waals surface area contributed by atoms with Gasteiger partial charge in [-0.15, -0.1) is 0 Å². The molecule has 0 radical (unpaired) electrons. The molecule has 0 aliphatic heterocycles. The Morgan fingerprint density at radius 2 is 1.69 bits per heavy atom. The van der Waals surface area contributed by atoms with Crippen LogP contribution in [0.25, 0.3) is 0 Å². The summed E-state index contributed by atoms with van der Waals surface area (Å²) in [5.41, 5.74) is 0.429. The van der Waals surface area contributed by atoms with Crippen molar-refractivity contribution in [3.8, 4) is 0 Å². The van der Waals surface area contributed by atoms with Gasteiger partial charge in [-0.2, -0.15) is 0 Å². The van der Waals surface area contributed by atoms with E-state index >= 15 is 0 Å². The van der Waals surface area contributed by atoms with E-state index in [4.69, 9.17) is 4.74 Å². The first-order valence-electron chi connectivity index (χ1n) is 6.63. The molecule has 0 saturated heterocycles. The number of hydrogen-bond donors (Lipinski definition) is 1. The van der Waals surface area contributed by atoms with Gasteiger partial charge in [-0.25, -0.2) is 0 Å². The highest BCUT2D eigenvalue weighted by atomic mass is 16.5. The molecule has 0 aliphatic carbocycles. The van der Waals surface area contributed by atoms with Crippen molar-refractivity contribution in [2.75, 3.05) is 19.7 Å². The van der Waals surface area contributed by atoms with Crippen molar-refractivity contribution in [3.05, 3.63) is 0 Å². The lowest BCUT2D eigenvalue weighted by atomic mass is 9.92. The van der Waals surface area contributed by atoms with Gasteiger partial charge in [0.15, 0.2) is 0 Å². The van der Waals surface area contributed by atoms with Gasteiger partial charge in [-0.3, -0.25) is 0 Å². The third kappa shape index (κ3) is 12.0. The summed E-state index contributed by atoms with van der Waals surface area (Å²) >= 11 is 0. The Bertz CT molecular complexity index is 161. The van der Waals surface area contributed by atoms with Gasteiger partial charge < -0.3 is 10.1 Å². The molecule has 0 heterocycles. The topological polar surface area (TPSA) is 21.3 Å². The first-order chi connectivity index (χ1) is 7.31. The molecule has 16 heavy (non-hydrogen) atoms. The lowest BCUT2D eigenvalue weighted by Gasteiger charge is -2.19. The molecule has 0 fully saturated rings. The molecular formula is C14H31NO. The van der Waals surface area contributed by atoms with E-state index in [9.17, 15) is 0 Å². The Morgan fingerprint density at radius 3 is 2.19 bits per heavy atom. The maximum atomic E-state index is 5.72. The zero-order valence-electron chi connectivity index (χ0n) is 12.1. The van der Waals surface area contributed by atoms with Crippen molar-refractivity contribution in [1.82, 2.24) is 5.32 Å². The van der Waals surface area contributed by atoms with Gasteiger partial charge >= 0.3 is 0 Å². The highest BCUT2D eigenvalue weighted by Crippen LogP contribution is 2.16. The normalized spacial score (nSPS) is 14.4.